The van der Waals surface area contributed by atoms with Crippen molar-refractivity contribution in [3.63, 3.8) is 0 Å². The summed E-state index contributed by atoms with van der Waals surface area (Å²) >= 11 is 1.73. The first-order valence-corrected chi connectivity index (χ1v) is 7.07. The minimum Gasteiger partial charge on any atom is -0.352 e. The zero-order chi connectivity index (χ0) is 11.3. The molecule has 1 fully saturated rings. The fourth-order valence-corrected chi connectivity index (χ4v) is 2.51. The topological polar surface area (TPSA) is 55.1 Å². The standard InChI is InChI=1S/C11H22N2OS/c1-8-3-4-9(7-8)13-11(14)10(12)5-6-15-2/h8-10H,3-7,12H2,1-2H3,(H,13,14)/t8?,9?,10-/m1/s1. The zero-order valence-corrected chi connectivity index (χ0v) is 10.5. The van der Waals surface area contributed by atoms with Crippen LogP contribution in [0, 0.1) is 5.92 Å². The minimum absolute atomic E-state index is 0.0307. The van der Waals surface area contributed by atoms with Crippen LogP contribution in [0.15, 0.2) is 0 Å². The monoisotopic (exact) mass is 230 g/mol. The Bertz CT molecular complexity index is 211. The van der Waals surface area contributed by atoms with Gasteiger partial charge < -0.3 is 11.1 Å². The van der Waals surface area contributed by atoms with E-state index in [1.807, 2.05) is 6.26 Å². The van der Waals surface area contributed by atoms with Crippen molar-refractivity contribution >= 4 is 17.7 Å². The van der Waals surface area contributed by atoms with Crippen molar-refractivity contribution in [3.05, 3.63) is 0 Å². The van der Waals surface area contributed by atoms with Crippen molar-refractivity contribution in [2.75, 3.05) is 12.0 Å². The molecule has 0 saturated heterocycles. The molecule has 3 N–H and O–H groups in total. The Hall–Kier alpha value is -0.220. The predicted molar refractivity (Wildman–Crippen MR) is 65.9 cm³/mol. The van der Waals surface area contributed by atoms with E-state index in [0.717, 1.165) is 30.9 Å². The van der Waals surface area contributed by atoms with E-state index in [1.165, 1.54) is 6.42 Å². The molecule has 2 unspecified atom stereocenters. The van der Waals surface area contributed by atoms with Gasteiger partial charge in [-0.05, 0) is 43.6 Å². The predicted octanol–water partition coefficient (Wildman–Crippen LogP) is 1.37. The van der Waals surface area contributed by atoms with Crippen molar-refractivity contribution in [1.82, 2.24) is 5.32 Å². The fraction of sp³-hybridized carbons (Fsp3) is 0.909. The first-order valence-electron chi connectivity index (χ1n) is 5.68. The number of hydrogen-bond acceptors (Lipinski definition) is 3. The first kappa shape index (κ1) is 12.8. The number of carbonyl (C=O) groups excluding carboxylic acids is 1. The van der Waals surface area contributed by atoms with E-state index in [-0.39, 0.29) is 11.9 Å². The molecular weight excluding hydrogens is 208 g/mol. The average Bonchev–Trinajstić information content (AvgIpc) is 2.60. The highest BCUT2D eigenvalue weighted by atomic mass is 32.2. The molecule has 0 aliphatic heterocycles. The van der Waals surface area contributed by atoms with Crippen LogP contribution in [0.1, 0.15) is 32.6 Å². The number of amides is 1. The average molecular weight is 230 g/mol. The van der Waals surface area contributed by atoms with E-state index >= 15 is 0 Å². The van der Waals surface area contributed by atoms with Crippen LogP contribution < -0.4 is 11.1 Å². The van der Waals surface area contributed by atoms with E-state index in [9.17, 15) is 4.79 Å². The summed E-state index contributed by atoms with van der Waals surface area (Å²) in [6, 6.07) is 0.0428. The van der Waals surface area contributed by atoms with Gasteiger partial charge in [-0.2, -0.15) is 11.8 Å². The summed E-state index contributed by atoms with van der Waals surface area (Å²) in [5.41, 5.74) is 5.79. The molecule has 0 aromatic rings. The number of thioether (sulfide) groups is 1. The summed E-state index contributed by atoms with van der Waals surface area (Å²) in [4.78, 5) is 11.7. The molecule has 0 aromatic heterocycles. The third kappa shape index (κ3) is 4.43. The van der Waals surface area contributed by atoms with E-state index in [1.54, 1.807) is 11.8 Å². The number of hydrogen-bond donors (Lipinski definition) is 2. The summed E-state index contributed by atoms with van der Waals surface area (Å²) < 4.78 is 0. The molecule has 1 rings (SSSR count). The van der Waals surface area contributed by atoms with Gasteiger partial charge in [0.25, 0.3) is 0 Å². The second kappa shape index (κ2) is 6.38. The van der Waals surface area contributed by atoms with Crippen molar-refractivity contribution in [1.29, 1.82) is 0 Å². The van der Waals surface area contributed by atoms with Crippen LogP contribution in [0.2, 0.25) is 0 Å². The number of nitrogens with two attached hydrogens (primary N) is 1. The molecule has 1 amide bonds. The summed E-state index contributed by atoms with van der Waals surface area (Å²) in [5.74, 6) is 1.73. The van der Waals surface area contributed by atoms with Crippen LogP contribution in [0.4, 0.5) is 0 Å². The summed E-state index contributed by atoms with van der Waals surface area (Å²) in [6.45, 7) is 2.24. The van der Waals surface area contributed by atoms with Gasteiger partial charge in [-0.3, -0.25) is 4.79 Å². The molecule has 1 aliphatic carbocycles. The van der Waals surface area contributed by atoms with E-state index < -0.39 is 0 Å². The van der Waals surface area contributed by atoms with Crippen LogP contribution in [0.3, 0.4) is 0 Å². The molecule has 1 saturated carbocycles. The van der Waals surface area contributed by atoms with Crippen molar-refractivity contribution in [2.45, 2.75) is 44.7 Å². The van der Waals surface area contributed by atoms with Gasteiger partial charge in [-0.25, -0.2) is 0 Å². The van der Waals surface area contributed by atoms with Gasteiger partial charge >= 0.3 is 0 Å². The van der Waals surface area contributed by atoms with E-state index in [4.69, 9.17) is 5.73 Å². The Kier molecular flexibility index (Phi) is 5.47. The molecule has 88 valence electrons. The molecule has 0 spiro atoms. The minimum atomic E-state index is -0.326. The highest BCUT2D eigenvalue weighted by molar-refractivity contribution is 7.98. The second-order valence-electron chi connectivity index (χ2n) is 4.51. The van der Waals surface area contributed by atoms with Crippen LogP contribution in [0.25, 0.3) is 0 Å². The molecule has 15 heavy (non-hydrogen) atoms. The van der Waals surface area contributed by atoms with Crippen molar-refractivity contribution < 1.29 is 4.79 Å². The number of nitrogens with one attached hydrogen (secondary N) is 1. The quantitative estimate of drug-likeness (QED) is 0.750. The van der Waals surface area contributed by atoms with Gasteiger partial charge in [0.2, 0.25) is 5.91 Å². The third-order valence-corrected chi connectivity index (χ3v) is 3.65. The van der Waals surface area contributed by atoms with Crippen molar-refractivity contribution in [2.24, 2.45) is 11.7 Å². The Morgan fingerprint density at radius 1 is 1.60 bits per heavy atom. The summed E-state index contributed by atoms with van der Waals surface area (Å²) in [5, 5.41) is 3.04. The molecule has 0 bridgehead atoms. The Morgan fingerprint density at radius 3 is 2.87 bits per heavy atom. The maximum absolute atomic E-state index is 11.7. The normalized spacial score (nSPS) is 27.7. The van der Waals surface area contributed by atoms with Gasteiger partial charge in [0.05, 0.1) is 6.04 Å². The highest BCUT2D eigenvalue weighted by Gasteiger charge is 2.24. The van der Waals surface area contributed by atoms with Crippen LogP contribution >= 0.6 is 11.8 Å². The van der Waals surface area contributed by atoms with E-state index in [2.05, 4.69) is 12.2 Å². The molecule has 0 aromatic carbocycles. The fourth-order valence-electron chi connectivity index (χ4n) is 2.02. The van der Waals surface area contributed by atoms with Crippen molar-refractivity contribution in [3.8, 4) is 0 Å². The highest BCUT2D eigenvalue weighted by Crippen LogP contribution is 2.24. The smallest absolute Gasteiger partial charge is 0.237 e. The molecule has 3 atom stereocenters. The number of carbonyl (C=O) groups is 1. The Morgan fingerprint density at radius 2 is 2.33 bits per heavy atom. The molecule has 4 heteroatoms. The lowest BCUT2D eigenvalue weighted by atomic mass is 10.1. The molecule has 3 nitrogen and oxygen atoms in total. The summed E-state index contributed by atoms with van der Waals surface area (Å²) in [6.07, 6.45) is 6.26. The molecule has 1 aliphatic rings. The largest absolute Gasteiger partial charge is 0.352 e. The first-order chi connectivity index (χ1) is 7.13. The van der Waals surface area contributed by atoms with E-state index in [0.29, 0.717) is 6.04 Å². The van der Waals surface area contributed by atoms with Crippen LogP contribution in [0.5, 0.6) is 0 Å². The van der Waals surface area contributed by atoms with Gasteiger partial charge in [-0.1, -0.05) is 6.92 Å². The molecule has 0 radical (unpaired) electrons. The lowest BCUT2D eigenvalue weighted by Gasteiger charge is -2.16. The second-order valence-corrected chi connectivity index (χ2v) is 5.50. The maximum Gasteiger partial charge on any atom is 0.237 e. The summed E-state index contributed by atoms with van der Waals surface area (Å²) in [7, 11) is 0. The Labute approximate surface area is 96.6 Å². The lowest BCUT2D eigenvalue weighted by Crippen LogP contribution is -2.44. The lowest BCUT2D eigenvalue weighted by molar-refractivity contribution is -0.123. The molecular formula is C11H22N2OS. The van der Waals surface area contributed by atoms with Crippen LogP contribution in [-0.4, -0.2) is 30.0 Å². The van der Waals surface area contributed by atoms with Gasteiger partial charge in [0.15, 0.2) is 0 Å². The maximum atomic E-state index is 11.7. The van der Waals surface area contributed by atoms with Gasteiger partial charge in [-0.15, -0.1) is 0 Å². The number of rotatable bonds is 5. The SMILES string of the molecule is CSCC[C@@H](N)C(=O)NC1CCC(C)C1. The van der Waals surface area contributed by atoms with Crippen LogP contribution in [-0.2, 0) is 4.79 Å². The van der Waals surface area contributed by atoms with Gasteiger partial charge in [0, 0.05) is 6.04 Å². The van der Waals surface area contributed by atoms with Gasteiger partial charge in [0.1, 0.15) is 0 Å². The third-order valence-electron chi connectivity index (χ3n) is 3.01. The Balaban J connectivity index is 2.22. The molecule has 0 heterocycles. The zero-order valence-electron chi connectivity index (χ0n) is 9.66.